The van der Waals surface area contributed by atoms with E-state index in [1.165, 1.54) is 0 Å². The molecule has 21 heavy (non-hydrogen) atoms. The molecule has 1 aromatic heterocycles. The summed E-state index contributed by atoms with van der Waals surface area (Å²) in [5.74, 6) is -1.72. The summed E-state index contributed by atoms with van der Waals surface area (Å²) in [6.45, 7) is -0.862. The highest BCUT2D eigenvalue weighted by molar-refractivity contribution is 7.89. The smallest absolute Gasteiger partial charge is 0.403 e. The van der Waals surface area contributed by atoms with E-state index in [1.54, 1.807) is 0 Å². The Kier molecular flexibility index (Phi) is 4.41. The molecule has 0 amide bonds. The van der Waals surface area contributed by atoms with Crippen molar-refractivity contribution in [1.29, 1.82) is 0 Å². The standard InChI is InChI=1S/C8H7F6N3O3S/c9-7(10,11)6-5(20-8(12,13)14)3(2-15)1-4(17-6)21(16,18)19/h1H,2,15H2,(H2,16,18,19). The molecule has 1 aromatic rings. The van der Waals surface area contributed by atoms with E-state index < -0.39 is 51.1 Å². The van der Waals surface area contributed by atoms with Crippen LogP contribution in [0.4, 0.5) is 26.3 Å². The fourth-order valence-electron chi connectivity index (χ4n) is 1.28. The number of pyridine rings is 1. The minimum absolute atomic E-state index is 0.381. The van der Waals surface area contributed by atoms with Crippen LogP contribution in [0.1, 0.15) is 11.3 Å². The molecule has 0 atom stereocenters. The number of primary sulfonamides is 1. The van der Waals surface area contributed by atoms with Gasteiger partial charge in [-0.05, 0) is 6.07 Å². The summed E-state index contributed by atoms with van der Waals surface area (Å²) in [6, 6.07) is 0.381. The van der Waals surface area contributed by atoms with Gasteiger partial charge in [-0.3, -0.25) is 0 Å². The van der Waals surface area contributed by atoms with Gasteiger partial charge in [-0.2, -0.15) is 13.2 Å². The molecule has 0 fully saturated rings. The van der Waals surface area contributed by atoms with E-state index >= 15 is 0 Å². The van der Waals surface area contributed by atoms with Crippen molar-refractivity contribution in [2.45, 2.75) is 24.1 Å². The van der Waals surface area contributed by atoms with E-state index in [0.29, 0.717) is 6.07 Å². The highest BCUT2D eigenvalue weighted by Crippen LogP contribution is 2.39. The molecule has 1 rings (SSSR count). The minimum atomic E-state index is -5.45. The molecule has 0 saturated carbocycles. The van der Waals surface area contributed by atoms with Gasteiger partial charge < -0.3 is 10.5 Å². The average Bonchev–Trinajstić information content (AvgIpc) is 2.23. The van der Waals surface area contributed by atoms with Crippen molar-refractivity contribution in [3.8, 4) is 5.75 Å². The van der Waals surface area contributed by atoms with Crippen molar-refractivity contribution in [2.75, 3.05) is 0 Å². The predicted molar refractivity (Wildman–Crippen MR) is 55.2 cm³/mol. The fourth-order valence-corrected chi connectivity index (χ4v) is 1.80. The van der Waals surface area contributed by atoms with Gasteiger partial charge in [-0.25, -0.2) is 18.5 Å². The second-order valence-electron chi connectivity index (χ2n) is 3.59. The first-order chi connectivity index (χ1) is 9.25. The summed E-state index contributed by atoms with van der Waals surface area (Å²) in [7, 11) is -4.68. The Morgan fingerprint density at radius 2 is 1.71 bits per heavy atom. The van der Waals surface area contributed by atoms with Crippen LogP contribution in [-0.4, -0.2) is 19.8 Å². The van der Waals surface area contributed by atoms with Crippen LogP contribution in [0.3, 0.4) is 0 Å². The Morgan fingerprint density at radius 1 is 1.19 bits per heavy atom. The predicted octanol–water partition coefficient (Wildman–Crippen LogP) is 1.11. The zero-order valence-electron chi connectivity index (χ0n) is 9.79. The Balaban J connectivity index is 3.69. The normalized spacial score (nSPS) is 13.3. The van der Waals surface area contributed by atoms with Gasteiger partial charge in [0.25, 0.3) is 10.0 Å². The molecular formula is C8H7F6N3O3S. The van der Waals surface area contributed by atoms with Crippen molar-refractivity contribution in [1.82, 2.24) is 4.98 Å². The molecule has 0 aliphatic carbocycles. The van der Waals surface area contributed by atoms with Crippen molar-refractivity contribution >= 4 is 10.0 Å². The molecule has 0 bridgehead atoms. The zero-order valence-corrected chi connectivity index (χ0v) is 10.6. The summed E-state index contributed by atoms with van der Waals surface area (Å²) >= 11 is 0. The number of sulfonamides is 1. The van der Waals surface area contributed by atoms with Gasteiger partial charge in [-0.1, -0.05) is 0 Å². The van der Waals surface area contributed by atoms with Crippen LogP contribution in [0.25, 0.3) is 0 Å². The first-order valence-electron chi connectivity index (χ1n) is 4.85. The third-order valence-electron chi connectivity index (χ3n) is 2.02. The van der Waals surface area contributed by atoms with Crippen LogP contribution in [0, 0.1) is 0 Å². The molecule has 0 aliphatic heterocycles. The van der Waals surface area contributed by atoms with Crippen LogP contribution < -0.4 is 15.6 Å². The van der Waals surface area contributed by atoms with Crippen molar-refractivity contribution < 1.29 is 39.5 Å². The third kappa shape index (κ3) is 4.44. The fraction of sp³-hybridized carbons (Fsp3) is 0.375. The number of alkyl halides is 6. The molecule has 0 aromatic carbocycles. The highest BCUT2D eigenvalue weighted by atomic mass is 32.2. The van der Waals surface area contributed by atoms with Crippen molar-refractivity contribution in [3.05, 3.63) is 17.3 Å². The lowest BCUT2D eigenvalue weighted by Gasteiger charge is -2.18. The van der Waals surface area contributed by atoms with Crippen LogP contribution in [0.2, 0.25) is 0 Å². The number of nitrogens with zero attached hydrogens (tertiary/aromatic N) is 1. The quantitative estimate of drug-likeness (QED) is 0.802. The highest BCUT2D eigenvalue weighted by Gasteiger charge is 2.43. The van der Waals surface area contributed by atoms with Crippen LogP contribution in [0.15, 0.2) is 11.1 Å². The lowest BCUT2D eigenvalue weighted by atomic mass is 10.2. The molecule has 0 unspecified atom stereocenters. The summed E-state index contributed by atoms with van der Waals surface area (Å²) in [5, 5.41) is 3.34. The van der Waals surface area contributed by atoms with Crippen LogP contribution >= 0.6 is 0 Å². The van der Waals surface area contributed by atoms with E-state index in [-0.39, 0.29) is 0 Å². The van der Waals surface area contributed by atoms with Crippen LogP contribution in [-0.2, 0) is 22.7 Å². The molecular weight excluding hydrogens is 332 g/mol. The summed E-state index contributed by atoms with van der Waals surface area (Å²) < 4.78 is 99.9. The van der Waals surface area contributed by atoms with E-state index in [2.05, 4.69) is 14.9 Å². The molecule has 13 heteroatoms. The maximum absolute atomic E-state index is 12.7. The number of nitrogens with two attached hydrogens (primary N) is 2. The number of halogens is 6. The number of hydrogen-bond donors (Lipinski definition) is 2. The molecule has 1 heterocycles. The maximum atomic E-state index is 12.7. The maximum Gasteiger partial charge on any atom is 0.573 e. The Morgan fingerprint density at radius 3 is 2.05 bits per heavy atom. The molecule has 4 N–H and O–H groups in total. The molecule has 0 spiro atoms. The minimum Gasteiger partial charge on any atom is -0.403 e. The average molecular weight is 339 g/mol. The van der Waals surface area contributed by atoms with Gasteiger partial charge >= 0.3 is 12.5 Å². The second-order valence-corrected chi connectivity index (χ2v) is 5.10. The molecule has 0 saturated heterocycles. The Labute approximate surface area is 113 Å². The molecule has 0 radical (unpaired) electrons. The number of ether oxygens (including phenoxy) is 1. The second kappa shape index (κ2) is 5.31. The Hall–Kier alpha value is -1.60. The lowest BCUT2D eigenvalue weighted by Crippen LogP contribution is -2.25. The topological polar surface area (TPSA) is 108 Å². The van der Waals surface area contributed by atoms with Crippen molar-refractivity contribution in [3.63, 3.8) is 0 Å². The van der Waals surface area contributed by atoms with Gasteiger partial charge in [0.05, 0.1) is 0 Å². The third-order valence-corrected chi connectivity index (χ3v) is 2.82. The molecule has 6 nitrogen and oxygen atoms in total. The largest absolute Gasteiger partial charge is 0.573 e. The van der Waals surface area contributed by atoms with Gasteiger partial charge in [0.1, 0.15) is 0 Å². The van der Waals surface area contributed by atoms with E-state index in [9.17, 15) is 34.8 Å². The van der Waals surface area contributed by atoms with Crippen LogP contribution in [0.5, 0.6) is 5.75 Å². The zero-order chi connectivity index (χ0) is 16.6. The first kappa shape index (κ1) is 17.5. The van der Waals surface area contributed by atoms with Gasteiger partial charge in [0, 0.05) is 12.1 Å². The summed E-state index contributed by atoms with van der Waals surface area (Å²) in [6.07, 6.45) is -10.9. The number of rotatable bonds is 3. The van der Waals surface area contributed by atoms with E-state index in [4.69, 9.17) is 5.73 Å². The molecule has 0 aliphatic rings. The van der Waals surface area contributed by atoms with Gasteiger partial charge in [-0.15, -0.1) is 13.2 Å². The van der Waals surface area contributed by atoms with Gasteiger partial charge in [0.2, 0.25) is 0 Å². The van der Waals surface area contributed by atoms with E-state index in [1.807, 2.05) is 0 Å². The van der Waals surface area contributed by atoms with Crippen molar-refractivity contribution in [2.24, 2.45) is 10.9 Å². The molecule has 120 valence electrons. The SMILES string of the molecule is NCc1cc(S(N)(=O)=O)nc(C(F)(F)F)c1OC(F)(F)F. The Bertz CT molecular complexity index is 640. The summed E-state index contributed by atoms with van der Waals surface area (Å²) in [4.78, 5) is 2.59. The van der Waals surface area contributed by atoms with E-state index in [0.717, 1.165) is 0 Å². The van der Waals surface area contributed by atoms with Gasteiger partial charge in [0.15, 0.2) is 16.5 Å². The number of hydrogen-bond acceptors (Lipinski definition) is 5. The number of aromatic nitrogens is 1. The monoisotopic (exact) mass is 339 g/mol. The lowest BCUT2D eigenvalue weighted by molar-refractivity contribution is -0.276. The summed E-state index contributed by atoms with van der Waals surface area (Å²) in [5.41, 5.74) is 1.97. The first-order valence-corrected chi connectivity index (χ1v) is 6.40.